The minimum Gasteiger partial charge on any atom is -0.497 e. The van der Waals surface area contributed by atoms with E-state index in [0.717, 1.165) is 56.1 Å². The summed E-state index contributed by atoms with van der Waals surface area (Å²) in [5.41, 5.74) is 2.15. The van der Waals surface area contributed by atoms with Gasteiger partial charge in [0.1, 0.15) is 22.8 Å². The van der Waals surface area contributed by atoms with Crippen molar-refractivity contribution in [1.29, 1.82) is 5.26 Å². The van der Waals surface area contributed by atoms with Crippen LogP contribution in [-0.2, 0) is 10.0 Å². The van der Waals surface area contributed by atoms with Crippen LogP contribution < -0.4 is 9.46 Å². The van der Waals surface area contributed by atoms with E-state index in [4.69, 9.17) is 4.74 Å². The van der Waals surface area contributed by atoms with Gasteiger partial charge >= 0.3 is 6.18 Å². The molecule has 1 aliphatic carbocycles. The Balaban J connectivity index is 1.83. The third kappa shape index (κ3) is 4.86. The molecule has 0 radical (unpaired) electrons. The third-order valence-corrected chi connectivity index (χ3v) is 7.90. The summed E-state index contributed by atoms with van der Waals surface area (Å²) in [5, 5.41) is 10.8. The number of halogens is 3. The second kappa shape index (κ2) is 9.51. The third-order valence-electron chi connectivity index (χ3n) is 6.38. The fourth-order valence-corrected chi connectivity index (χ4v) is 5.72. The quantitative estimate of drug-likeness (QED) is 0.488. The monoisotopic (exact) mass is 506 g/mol. The van der Waals surface area contributed by atoms with Gasteiger partial charge in [-0.25, -0.2) is 8.42 Å². The molecule has 2 heterocycles. The van der Waals surface area contributed by atoms with Gasteiger partial charge in [-0.2, -0.15) is 23.2 Å². The second-order valence-corrected chi connectivity index (χ2v) is 10.4. The van der Waals surface area contributed by atoms with Crippen molar-refractivity contribution < 1.29 is 26.3 Å². The maximum Gasteiger partial charge on any atom is 0.404 e. The minimum atomic E-state index is -4.72. The first-order valence-electron chi connectivity index (χ1n) is 11.2. The maximum absolute atomic E-state index is 12.9. The van der Waals surface area contributed by atoms with E-state index in [9.17, 15) is 26.9 Å². The van der Waals surface area contributed by atoms with Crippen molar-refractivity contribution in [3.8, 4) is 23.2 Å². The van der Waals surface area contributed by atoms with E-state index >= 15 is 0 Å². The van der Waals surface area contributed by atoms with E-state index in [2.05, 4.69) is 15.6 Å². The maximum atomic E-state index is 12.9. The number of ether oxygens (including phenoxy) is 1. The van der Waals surface area contributed by atoms with Crippen molar-refractivity contribution in [2.75, 3.05) is 7.11 Å². The molecule has 2 aromatic heterocycles. The van der Waals surface area contributed by atoms with Gasteiger partial charge in [-0.05, 0) is 44.0 Å². The predicted molar refractivity (Wildman–Crippen MR) is 124 cm³/mol. The molecule has 35 heavy (non-hydrogen) atoms. The molecular weight excluding hydrogens is 481 g/mol. The van der Waals surface area contributed by atoms with Crippen LogP contribution in [-0.4, -0.2) is 37.3 Å². The van der Waals surface area contributed by atoms with Crippen LogP contribution in [0.1, 0.15) is 50.6 Å². The summed E-state index contributed by atoms with van der Waals surface area (Å²) in [7, 11) is -2.88. The lowest BCUT2D eigenvalue weighted by atomic mass is 9.95. The van der Waals surface area contributed by atoms with Gasteiger partial charge in [-0.1, -0.05) is 19.3 Å². The van der Waals surface area contributed by atoms with E-state index in [1.54, 1.807) is 17.9 Å². The van der Waals surface area contributed by atoms with Gasteiger partial charge in [0.25, 0.3) is 0 Å². The number of benzene rings is 1. The van der Waals surface area contributed by atoms with E-state index in [1.807, 2.05) is 12.1 Å². The van der Waals surface area contributed by atoms with Crippen LogP contribution in [0, 0.1) is 11.3 Å². The van der Waals surface area contributed by atoms with Crippen molar-refractivity contribution in [2.45, 2.75) is 62.2 Å². The number of alkyl halides is 3. The van der Waals surface area contributed by atoms with Crippen molar-refractivity contribution in [3.63, 3.8) is 0 Å². The molecule has 0 unspecified atom stereocenters. The molecule has 0 bridgehead atoms. The largest absolute Gasteiger partial charge is 0.497 e. The van der Waals surface area contributed by atoms with E-state index in [1.165, 1.54) is 12.1 Å². The van der Waals surface area contributed by atoms with Crippen LogP contribution in [0.25, 0.3) is 22.3 Å². The summed E-state index contributed by atoms with van der Waals surface area (Å²) in [6.45, 7) is 0.732. The molecule has 1 aromatic carbocycles. The minimum absolute atomic E-state index is 0.120. The molecule has 3 aromatic rings. The summed E-state index contributed by atoms with van der Waals surface area (Å²) in [6, 6.07) is 8.23. The van der Waals surface area contributed by atoms with Gasteiger partial charge in [0.2, 0.25) is 10.0 Å². The highest BCUT2D eigenvalue weighted by atomic mass is 32.2. The highest BCUT2D eigenvalue weighted by Crippen LogP contribution is 2.41. The van der Waals surface area contributed by atoms with E-state index in [0.29, 0.717) is 22.7 Å². The summed E-state index contributed by atoms with van der Waals surface area (Å²) in [5.74, 6) is 0.641. The van der Waals surface area contributed by atoms with Crippen LogP contribution in [0.5, 0.6) is 5.75 Å². The molecule has 4 rings (SSSR count). The molecule has 0 aliphatic heterocycles. The summed E-state index contributed by atoms with van der Waals surface area (Å²) >= 11 is 0. The molecule has 186 valence electrons. The smallest absolute Gasteiger partial charge is 0.404 e. The SMILES string of the molecule is COc1ccc2c(C#N)c(-c3ccc(S(=O)(=O)N[C@@H](C)C(F)(F)F)cn3)n(C3CCCCC3)c2c1. The Kier molecular flexibility index (Phi) is 6.79. The standard InChI is InChI=1S/C24H25F3N4O3S/c1-15(24(25,26)27)30-35(32,33)18-9-11-21(29-14-18)23-20(13-28)19-10-8-17(34-2)12-22(19)31(23)16-6-4-3-5-7-16/h8-12,14-16,30H,3-7H2,1-2H3/t15-/m0/s1. The lowest BCUT2D eigenvalue weighted by molar-refractivity contribution is -0.147. The Labute approximate surface area is 201 Å². The van der Waals surface area contributed by atoms with Crippen LogP contribution in [0.2, 0.25) is 0 Å². The molecule has 11 heteroatoms. The highest BCUT2D eigenvalue weighted by molar-refractivity contribution is 7.89. The van der Waals surface area contributed by atoms with Gasteiger partial charge < -0.3 is 9.30 Å². The zero-order valence-electron chi connectivity index (χ0n) is 19.3. The summed E-state index contributed by atoms with van der Waals surface area (Å²) in [4.78, 5) is 3.89. The number of hydrogen-bond donors (Lipinski definition) is 1. The lowest BCUT2D eigenvalue weighted by Crippen LogP contribution is -2.42. The van der Waals surface area contributed by atoms with Crippen LogP contribution in [0.4, 0.5) is 13.2 Å². The lowest BCUT2D eigenvalue weighted by Gasteiger charge is -2.26. The van der Waals surface area contributed by atoms with Gasteiger partial charge in [0, 0.05) is 23.7 Å². The molecule has 1 saturated carbocycles. The molecule has 1 atom stereocenters. The number of nitrogens with one attached hydrogen (secondary N) is 1. The first-order chi connectivity index (χ1) is 16.6. The Hall–Kier alpha value is -3.10. The van der Waals surface area contributed by atoms with Crippen molar-refractivity contribution >= 4 is 20.9 Å². The van der Waals surface area contributed by atoms with Crippen LogP contribution in [0.3, 0.4) is 0 Å². The molecule has 0 amide bonds. The number of sulfonamides is 1. The molecule has 1 N–H and O–H groups in total. The number of nitriles is 1. The first-order valence-corrected chi connectivity index (χ1v) is 12.7. The fraction of sp³-hybridized carbons (Fsp3) is 0.417. The van der Waals surface area contributed by atoms with E-state index in [-0.39, 0.29) is 6.04 Å². The van der Waals surface area contributed by atoms with Crippen LogP contribution >= 0.6 is 0 Å². The molecule has 0 spiro atoms. The molecule has 7 nitrogen and oxygen atoms in total. The zero-order valence-corrected chi connectivity index (χ0v) is 20.1. The molecule has 1 aliphatic rings. The highest BCUT2D eigenvalue weighted by Gasteiger charge is 2.39. The molecular formula is C24H25F3N4O3S. The van der Waals surface area contributed by atoms with Crippen molar-refractivity contribution in [1.82, 2.24) is 14.3 Å². The Bertz CT molecular complexity index is 1370. The first kappa shape index (κ1) is 25.0. The molecule has 1 fully saturated rings. The van der Waals surface area contributed by atoms with Gasteiger partial charge in [-0.15, -0.1) is 0 Å². The van der Waals surface area contributed by atoms with Crippen molar-refractivity contribution in [3.05, 3.63) is 42.1 Å². The van der Waals surface area contributed by atoms with Crippen LogP contribution in [0.15, 0.2) is 41.4 Å². The number of rotatable bonds is 6. The summed E-state index contributed by atoms with van der Waals surface area (Å²) < 4.78 is 72.6. The average Bonchev–Trinajstić information content (AvgIpc) is 3.17. The number of hydrogen-bond acceptors (Lipinski definition) is 5. The number of aromatic nitrogens is 2. The fourth-order valence-electron chi connectivity index (χ4n) is 4.55. The number of methoxy groups -OCH3 is 1. The van der Waals surface area contributed by atoms with Gasteiger partial charge in [0.05, 0.1) is 29.6 Å². The average molecular weight is 507 g/mol. The second-order valence-electron chi connectivity index (χ2n) is 8.64. The molecule has 0 saturated heterocycles. The number of nitrogens with zero attached hydrogens (tertiary/aromatic N) is 3. The Morgan fingerprint density at radius 3 is 2.49 bits per heavy atom. The summed E-state index contributed by atoms with van der Waals surface area (Å²) in [6.07, 6.45) is 1.37. The van der Waals surface area contributed by atoms with Gasteiger partial charge in [-0.3, -0.25) is 4.98 Å². The Morgan fingerprint density at radius 2 is 1.91 bits per heavy atom. The van der Waals surface area contributed by atoms with Gasteiger partial charge in [0.15, 0.2) is 0 Å². The number of pyridine rings is 1. The Morgan fingerprint density at radius 1 is 1.20 bits per heavy atom. The van der Waals surface area contributed by atoms with E-state index < -0.39 is 27.1 Å². The topological polar surface area (TPSA) is 97.0 Å². The van der Waals surface area contributed by atoms with Crippen molar-refractivity contribution in [2.24, 2.45) is 0 Å². The number of fused-ring (bicyclic) bond motifs is 1. The normalized spacial score (nSPS) is 16.2. The predicted octanol–water partition coefficient (Wildman–Crippen LogP) is 5.32. The zero-order chi connectivity index (χ0) is 25.4.